The number of aliphatic hydroxyl groups excluding tert-OH is 1. The van der Waals surface area contributed by atoms with Gasteiger partial charge in [-0.3, -0.25) is 14.4 Å². The zero-order valence-electron chi connectivity index (χ0n) is 38.5. The van der Waals surface area contributed by atoms with Crippen molar-refractivity contribution in [1.29, 1.82) is 0 Å². The lowest BCUT2D eigenvalue weighted by atomic mass is 10.0. The van der Waals surface area contributed by atoms with E-state index in [2.05, 4.69) is 73.1 Å². The van der Waals surface area contributed by atoms with Crippen LogP contribution in [0.5, 0.6) is 0 Å². The molecule has 0 aliphatic carbocycles. The van der Waals surface area contributed by atoms with Gasteiger partial charge in [-0.1, -0.05) is 184 Å². The molecule has 2 unspecified atom stereocenters. The number of hydrogen-bond donors (Lipinski definition) is 4. The van der Waals surface area contributed by atoms with Gasteiger partial charge in [0.15, 0.2) is 0 Å². The highest BCUT2D eigenvalue weighted by molar-refractivity contribution is 5.87. The van der Waals surface area contributed by atoms with E-state index in [0.717, 1.165) is 89.9 Å². The molecule has 0 bridgehead atoms. The molecule has 0 spiro atoms. The highest BCUT2D eigenvalue weighted by atomic mass is 16.5. The van der Waals surface area contributed by atoms with Crippen molar-refractivity contribution in [3.63, 3.8) is 0 Å². The van der Waals surface area contributed by atoms with E-state index in [1.54, 1.807) is 0 Å². The first kappa shape index (κ1) is 56.8. The predicted molar refractivity (Wildman–Crippen MR) is 250 cm³/mol. The van der Waals surface area contributed by atoms with Crippen molar-refractivity contribution in [3.05, 3.63) is 48.6 Å². The molecule has 0 heterocycles. The van der Waals surface area contributed by atoms with E-state index in [0.29, 0.717) is 19.3 Å². The average molecular weight is 843 g/mol. The molecular weight excluding hydrogens is 753 g/mol. The molecule has 346 valence electrons. The Morgan fingerprint density at radius 3 is 1.43 bits per heavy atom. The number of nitrogens with one attached hydrogen (secondary N) is 2. The molecule has 0 aromatic carbocycles. The van der Waals surface area contributed by atoms with Crippen LogP contribution in [0.2, 0.25) is 0 Å². The number of carbonyl (C=O) groups is 4. The van der Waals surface area contributed by atoms with E-state index in [1.807, 2.05) is 0 Å². The maximum absolute atomic E-state index is 12.9. The molecule has 0 radical (unpaired) electrons. The second-order valence-corrected chi connectivity index (χ2v) is 16.5. The topological polar surface area (TPSA) is 142 Å². The first-order valence-corrected chi connectivity index (χ1v) is 24.5. The maximum atomic E-state index is 12.9. The highest BCUT2D eigenvalue weighted by Gasteiger charge is 2.19. The van der Waals surface area contributed by atoms with Crippen molar-refractivity contribution < 1.29 is 34.1 Å². The molecule has 0 aromatic heterocycles. The fraction of sp³-hybridized carbons (Fsp3) is 0.765. The third-order valence-corrected chi connectivity index (χ3v) is 10.8. The van der Waals surface area contributed by atoms with Crippen LogP contribution in [0.1, 0.15) is 226 Å². The number of carboxylic acids is 1. The molecule has 9 nitrogen and oxygen atoms in total. The van der Waals surface area contributed by atoms with Gasteiger partial charge in [0.25, 0.3) is 0 Å². The number of ether oxygens (including phenoxy) is 1. The number of esters is 1. The Kier molecular flexibility index (Phi) is 42.9. The largest absolute Gasteiger partial charge is 0.480 e. The minimum Gasteiger partial charge on any atom is -0.480 e. The Morgan fingerprint density at radius 2 is 0.950 bits per heavy atom. The second-order valence-electron chi connectivity index (χ2n) is 16.5. The molecule has 0 saturated carbocycles. The Bertz CT molecular complexity index is 1150. The molecule has 0 fully saturated rings. The molecule has 2 atom stereocenters. The molecule has 0 aliphatic rings. The third-order valence-electron chi connectivity index (χ3n) is 10.8. The van der Waals surface area contributed by atoms with Crippen molar-refractivity contribution in [2.45, 2.75) is 238 Å². The standard InChI is InChI=1S/C51H90N2O7/c1-3-5-7-9-11-13-15-17-18-19-20-21-22-24-26-28-30-35-39-43-50(57)60-46(40-36-32-29-27-25-23-16-14-12-10-8-6-4-2)41-37-33-31-34-38-42-48(55)52-44-49(56)53-47(45-54)51(58)59/h5,7,11,13,17-18,20-21,46-47,54H,3-4,6,8-10,12,14-16,19,22-45H2,1-2H3,(H,52,55)(H,53,56)(H,58,59)/b7-5-,13-11-,18-17-,21-20-. The third kappa shape index (κ3) is 41.5. The molecule has 0 aromatic rings. The van der Waals surface area contributed by atoms with Gasteiger partial charge < -0.3 is 25.6 Å². The van der Waals surface area contributed by atoms with Gasteiger partial charge in [0.05, 0.1) is 13.2 Å². The van der Waals surface area contributed by atoms with Crippen molar-refractivity contribution in [1.82, 2.24) is 10.6 Å². The Labute approximate surface area is 367 Å². The predicted octanol–water partition coefficient (Wildman–Crippen LogP) is 12.7. The van der Waals surface area contributed by atoms with Crippen LogP contribution in [-0.2, 0) is 23.9 Å². The summed E-state index contributed by atoms with van der Waals surface area (Å²) in [6, 6.07) is -1.38. The number of allylic oxidation sites excluding steroid dienone is 8. The lowest BCUT2D eigenvalue weighted by Crippen LogP contribution is -2.47. The first-order valence-electron chi connectivity index (χ1n) is 24.5. The minimum absolute atomic E-state index is 0.0212. The fourth-order valence-electron chi connectivity index (χ4n) is 7.12. The summed E-state index contributed by atoms with van der Waals surface area (Å²) in [7, 11) is 0. The van der Waals surface area contributed by atoms with Crippen molar-refractivity contribution >= 4 is 23.8 Å². The molecule has 4 N–H and O–H groups in total. The number of unbranched alkanes of at least 4 members (excludes halogenated alkanes) is 22. The Balaban J connectivity index is 4.32. The van der Waals surface area contributed by atoms with E-state index in [1.165, 1.54) is 103 Å². The molecule has 0 aliphatic heterocycles. The van der Waals surface area contributed by atoms with Gasteiger partial charge in [-0.25, -0.2) is 4.79 Å². The first-order chi connectivity index (χ1) is 29.3. The summed E-state index contributed by atoms with van der Waals surface area (Å²) in [5.74, 6) is -2.30. The molecule has 2 amide bonds. The van der Waals surface area contributed by atoms with Crippen LogP contribution in [0.25, 0.3) is 0 Å². The number of amides is 2. The van der Waals surface area contributed by atoms with Gasteiger partial charge in [0.2, 0.25) is 11.8 Å². The zero-order valence-corrected chi connectivity index (χ0v) is 38.5. The summed E-state index contributed by atoms with van der Waals surface area (Å²) >= 11 is 0. The summed E-state index contributed by atoms with van der Waals surface area (Å²) in [6.45, 7) is 3.39. The number of hydrogen-bond acceptors (Lipinski definition) is 6. The van der Waals surface area contributed by atoms with Gasteiger partial charge in [0, 0.05) is 12.8 Å². The number of carboxylic acid groups (broad SMARTS) is 1. The van der Waals surface area contributed by atoms with Crippen molar-refractivity contribution in [2.24, 2.45) is 0 Å². The number of aliphatic carboxylic acids is 1. The molecule has 0 saturated heterocycles. The Hall–Kier alpha value is -3.20. The van der Waals surface area contributed by atoms with Gasteiger partial charge in [-0.15, -0.1) is 0 Å². The van der Waals surface area contributed by atoms with E-state index in [4.69, 9.17) is 14.9 Å². The highest BCUT2D eigenvalue weighted by Crippen LogP contribution is 2.19. The molecule has 9 heteroatoms. The smallest absolute Gasteiger partial charge is 0.328 e. The van der Waals surface area contributed by atoms with Crippen LogP contribution in [0.15, 0.2) is 48.6 Å². The van der Waals surface area contributed by atoms with Crippen molar-refractivity contribution in [3.8, 4) is 0 Å². The van der Waals surface area contributed by atoms with Gasteiger partial charge in [-0.05, 0) is 77.0 Å². The maximum Gasteiger partial charge on any atom is 0.328 e. The van der Waals surface area contributed by atoms with Gasteiger partial charge in [-0.2, -0.15) is 0 Å². The summed E-state index contributed by atoms with van der Waals surface area (Å²) in [4.78, 5) is 47.7. The quantitative estimate of drug-likeness (QED) is 0.0272. The SMILES string of the molecule is CC/C=C\C/C=C\C/C=C\C/C=C\CCCCCCCCC(=O)OC(CCCCCCCCCCCCCCC)CCCCCCCC(=O)NCC(=O)NC(CO)C(=O)O. The normalized spacial score (nSPS) is 12.8. The number of rotatable bonds is 44. The second kappa shape index (κ2) is 45.3. The summed E-state index contributed by atoms with van der Waals surface area (Å²) in [6.07, 6.45) is 54.2. The van der Waals surface area contributed by atoms with Crippen LogP contribution in [-0.4, -0.2) is 59.3 Å². The van der Waals surface area contributed by atoms with Gasteiger partial charge >= 0.3 is 11.9 Å². The molecular formula is C51H90N2O7. The summed E-state index contributed by atoms with van der Waals surface area (Å²) < 4.78 is 6.06. The van der Waals surface area contributed by atoms with E-state index in [9.17, 15) is 19.2 Å². The van der Waals surface area contributed by atoms with Crippen LogP contribution in [0, 0.1) is 0 Å². The fourth-order valence-corrected chi connectivity index (χ4v) is 7.12. The number of carbonyl (C=O) groups excluding carboxylic acids is 3. The molecule has 60 heavy (non-hydrogen) atoms. The van der Waals surface area contributed by atoms with Crippen LogP contribution in [0.4, 0.5) is 0 Å². The summed E-state index contributed by atoms with van der Waals surface area (Å²) in [5, 5.41) is 22.6. The number of aliphatic hydroxyl groups is 1. The average Bonchev–Trinajstić information content (AvgIpc) is 3.23. The monoisotopic (exact) mass is 843 g/mol. The van der Waals surface area contributed by atoms with Crippen LogP contribution < -0.4 is 10.6 Å². The zero-order chi connectivity index (χ0) is 44.0. The summed E-state index contributed by atoms with van der Waals surface area (Å²) in [5.41, 5.74) is 0. The van der Waals surface area contributed by atoms with Gasteiger partial charge in [0.1, 0.15) is 12.1 Å². The van der Waals surface area contributed by atoms with Crippen molar-refractivity contribution in [2.75, 3.05) is 13.2 Å². The Morgan fingerprint density at radius 1 is 0.517 bits per heavy atom. The molecule has 0 rings (SSSR count). The van der Waals surface area contributed by atoms with E-state index < -0.39 is 24.5 Å². The lowest BCUT2D eigenvalue weighted by Gasteiger charge is -2.18. The minimum atomic E-state index is -1.38. The lowest BCUT2D eigenvalue weighted by molar-refractivity contribution is -0.150. The van der Waals surface area contributed by atoms with Crippen LogP contribution in [0.3, 0.4) is 0 Å². The van der Waals surface area contributed by atoms with Crippen LogP contribution >= 0.6 is 0 Å². The van der Waals surface area contributed by atoms with E-state index in [-0.39, 0.29) is 24.5 Å². The van der Waals surface area contributed by atoms with E-state index >= 15 is 0 Å².